The molecule has 0 atom stereocenters. The molecule has 4 aromatic rings. The Labute approximate surface area is 196 Å². The van der Waals surface area contributed by atoms with Crippen LogP contribution in [0.1, 0.15) is 17.0 Å². The Morgan fingerprint density at radius 1 is 0.938 bits per heavy atom. The monoisotopic (exact) mass is 484 g/mol. The highest BCUT2D eigenvalue weighted by atomic mass is 32.2. The van der Waals surface area contributed by atoms with Gasteiger partial charge in [0.1, 0.15) is 16.5 Å². The van der Waals surface area contributed by atoms with Crippen LogP contribution in [-0.4, -0.2) is 48.9 Å². The van der Waals surface area contributed by atoms with Gasteiger partial charge < -0.3 is 4.90 Å². The molecule has 4 heterocycles. The second-order valence-electron chi connectivity index (χ2n) is 8.04. The zero-order valence-corrected chi connectivity index (χ0v) is 20.6. The molecule has 5 rings (SSSR count). The molecule has 0 unspecified atom stereocenters. The fourth-order valence-electron chi connectivity index (χ4n) is 4.03. The summed E-state index contributed by atoms with van der Waals surface area (Å²) in [5.41, 5.74) is 3.23. The van der Waals surface area contributed by atoms with E-state index in [1.165, 1.54) is 4.88 Å². The van der Waals surface area contributed by atoms with Gasteiger partial charge in [0.2, 0.25) is 10.0 Å². The number of piperazine rings is 1. The van der Waals surface area contributed by atoms with Crippen LogP contribution in [0.2, 0.25) is 0 Å². The summed E-state index contributed by atoms with van der Waals surface area (Å²) in [5, 5.41) is 5.28. The van der Waals surface area contributed by atoms with E-state index in [2.05, 4.69) is 32.8 Å². The molecule has 0 radical (unpaired) electrons. The summed E-state index contributed by atoms with van der Waals surface area (Å²) < 4.78 is 28.0. The Hall–Kier alpha value is -2.33. The van der Waals surface area contributed by atoms with E-state index >= 15 is 0 Å². The molecule has 1 aromatic carbocycles. The van der Waals surface area contributed by atoms with Gasteiger partial charge in [0.05, 0.1) is 10.3 Å². The lowest BCUT2D eigenvalue weighted by molar-refractivity contribution is 0.384. The molecule has 1 fully saturated rings. The van der Waals surface area contributed by atoms with Gasteiger partial charge in [-0.25, -0.2) is 18.4 Å². The van der Waals surface area contributed by atoms with Crippen molar-refractivity contribution in [3.8, 4) is 10.4 Å². The van der Waals surface area contributed by atoms with Crippen molar-refractivity contribution in [2.45, 2.75) is 25.7 Å². The Kier molecular flexibility index (Phi) is 5.53. The second-order valence-corrected chi connectivity index (χ2v) is 11.8. The minimum atomic E-state index is -3.51. The Morgan fingerprint density at radius 2 is 1.72 bits per heavy atom. The number of rotatable bonds is 4. The zero-order valence-electron chi connectivity index (χ0n) is 18.2. The van der Waals surface area contributed by atoms with Crippen molar-refractivity contribution in [1.29, 1.82) is 0 Å². The summed E-state index contributed by atoms with van der Waals surface area (Å²) in [6.07, 6.45) is 0. The fraction of sp³-hybridized carbons (Fsp3) is 0.304. The number of benzene rings is 1. The van der Waals surface area contributed by atoms with E-state index < -0.39 is 10.0 Å². The number of anilines is 1. The molecule has 1 saturated heterocycles. The van der Waals surface area contributed by atoms with Crippen LogP contribution in [0.25, 0.3) is 20.7 Å². The normalized spacial score (nSPS) is 15.5. The summed E-state index contributed by atoms with van der Waals surface area (Å²) in [6.45, 7) is 7.89. The van der Waals surface area contributed by atoms with Crippen molar-refractivity contribution in [3.05, 3.63) is 58.0 Å². The summed E-state index contributed by atoms with van der Waals surface area (Å²) >= 11 is 3.34. The van der Waals surface area contributed by atoms with Crippen LogP contribution in [0.3, 0.4) is 0 Å². The molecule has 9 heteroatoms. The number of aryl methyl sites for hydroxylation is 3. The molecule has 0 spiro atoms. The first kappa shape index (κ1) is 21.5. The average molecular weight is 485 g/mol. The predicted molar refractivity (Wildman–Crippen MR) is 132 cm³/mol. The zero-order chi connectivity index (χ0) is 22.5. The largest absolute Gasteiger partial charge is 0.353 e. The smallest absolute Gasteiger partial charge is 0.243 e. The van der Waals surface area contributed by atoms with Crippen molar-refractivity contribution in [2.24, 2.45) is 0 Å². The average Bonchev–Trinajstić information content (AvgIpc) is 3.45. The van der Waals surface area contributed by atoms with E-state index in [1.54, 1.807) is 39.1 Å². The number of hydrogen-bond donors (Lipinski definition) is 0. The maximum absolute atomic E-state index is 13.2. The molecule has 1 aliphatic heterocycles. The highest BCUT2D eigenvalue weighted by molar-refractivity contribution is 7.89. The lowest BCUT2D eigenvalue weighted by atomic mass is 10.1. The molecule has 0 saturated carbocycles. The fourth-order valence-corrected chi connectivity index (χ4v) is 7.34. The molecule has 0 amide bonds. The van der Waals surface area contributed by atoms with Gasteiger partial charge in [-0.3, -0.25) is 0 Å². The first-order valence-electron chi connectivity index (χ1n) is 10.5. The maximum atomic E-state index is 13.2. The van der Waals surface area contributed by atoms with Crippen molar-refractivity contribution in [2.75, 3.05) is 31.1 Å². The lowest BCUT2D eigenvalue weighted by Crippen LogP contribution is -2.49. The van der Waals surface area contributed by atoms with Crippen molar-refractivity contribution >= 4 is 48.7 Å². The summed E-state index contributed by atoms with van der Waals surface area (Å²) in [5.74, 6) is 1.64. The number of sulfonamides is 1. The van der Waals surface area contributed by atoms with Gasteiger partial charge in [-0.05, 0) is 55.5 Å². The van der Waals surface area contributed by atoms with E-state index in [0.29, 0.717) is 31.1 Å². The van der Waals surface area contributed by atoms with E-state index in [9.17, 15) is 8.42 Å². The Balaban J connectivity index is 1.44. The highest BCUT2D eigenvalue weighted by Crippen LogP contribution is 2.40. The second kappa shape index (κ2) is 8.22. The van der Waals surface area contributed by atoms with E-state index in [4.69, 9.17) is 4.98 Å². The molecule has 0 aliphatic carbocycles. The number of thiophene rings is 2. The molecule has 166 valence electrons. The SMILES string of the molecule is Cc1nc(N2CCN(S(=O)(=O)c3ccc(C)c(C)c3)CC2)c2c(-c3cccs3)csc2n1. The minimum Gasteiger partial charge on any atom is -0.353 e. The number of hydrogen-bond acceptors (Lipinski definition) is 7. The van der Waals surface area contributed by atoms with Crippen LogP contribution >= 0.6 is 22.7 Å². The van der Waals surface area contributed by atoms with Crippen LogP contribution in [0, 0.1) is 20.8 Å². The van der Waals surface area contributed by atoms with Crippen molar-refractivity contribution in [1.82, 2.24) is 14.3 Å². The van der Waals surface area contributed by atoms with Crippen molar-refractivity contribution in [3.63, 3.8) is 0 Å². The van der Waals surface area contributed by atoms with E-state index in [1.807, 2.05) is 26.8 Å². The third-order valence-corrected chi connectivity index (χ3v) is 9.64. The molecule has 3 aromatic heterocycles. The quantitative estimate of drug-likeness (QED) is 0.414. The van der Waals surface area contributed by atoms with Crippen LogP contribution in [-0.2, 0) is 10.0 Å². The van der Waals surface area contributed by atoms with Crippen LogP contribution in [0.4, 0.5) is 5.82 Å². The Morgan fingerprint density at radius 3 is 2.41 bits per heavy atom. The van der Waals surface area contributed by atoms with Crippen molar-refractivity contribution < 1.29 is 8.42 Å². The van der Waals surface area contributed by atoms with E-state index in [-0.39, 0.29) is 0 Å². The first-order chi connectivity index (χ1) is 15.3. The van der Waals surface area contributed by atoms with Crippen LogP contribution in [0.5, 0.6) is 0 Å². The molecule has 32 heavy (non-hydrogen) atoms. The molecular formula is C23H24N4O2S3. The van der Waals surface area contributed by atoms with Gasteiger partial charge in [0.25, 0.3) is 0 Å². The maximum Gasteiger partial charge on any atom is 0.243 e. The van der Waals surface area contributed by atoms with Gasteiger partial charge in [-0.1, -0.05) is 12.1 Å². The molecule has 0 N–H and O–H groups in total. The predicted octanol–water partition coefficient (Wildman–Crippen LogP) is 4.86. The summed E-state index contributed by atoms with van der Waals surface area (Å²) in [6, 6.07) is 9.52. The van der Waals surface area contributed by atoms with Crippen LogP contribution in [0.15, 0.2) is 46.0 Å². The number of fused-ring (bicyclic) bond motifs is 1. The molecular weight excluding hydrogens is 460 g/mol. The third kappa shape index (κ3) is 3.73. The van der Waals surface area contributed by atoms with Gasteiger partial charge in [-0.2, -0.15) is 4.31 Å². The molecule has 0 bridgehead atoms. The topological polar surface area (TPSA) is 66.4 Å². The van der Waals surface area contributed by atoms with Gasteiger partial charge >= 0.3 is 0 Å². The Bertz CT molecular complexity index is 1390. The molecule has 6 nitrogen and oxygen atoms in total. The number of nitrogens with zero attached hydrogens (tertiary/aromatic N) is 4. The summed E-state index contributed by atoms with van der Waals surface area (Å²) in [7, 11) is -3.51. The summed E-state index contributed by atoms with van der Waals surface area (Å²) in [4.78, 5) is 14.2. The van der Waals surface area contributed by atoms with Gasteiger partial charge in [0, 0.05) is 42.0 Å². The first-order valence-corrected chi connectivity index (χ1v) is 13.7. The third-order valence-electron chi connectivity index (χ3n) is 5.97. The van der Waals surface area contributed by atoms with Gasteiger partial charge in [0.15, 0.2) is 0 Å². The van der Waals surface area contributed by atoms with E-state index in [0.717, 1.165) is 38.5 Å². The minimum absolute atomic E-state index is 0.368. The standard InChI is InChI=1S/C23H24N4O2S3/c1-15-6-7-18(13-16(15)2)32(28,29)27-10-8-26(9-11-27)22-21-19(20-5-4-12-30-20)14-31-23(21)25-17(3)24-22/h4-7,12-14H,8-11H2,1-3H3. The van der Waals surface area contributed by atoms with Gasteiger partial charge in [-0.15, -0.1) is 22.7 Å². The highest BCUT2D eigenvalue weighted by Gasteiger charge is 2.30. The van der Waals surface area contributed by atoms with Crippen LogP contribution < -0.4 is 4.90 Å². The lowest BCUT2D eigenvalue weighted by Gasteiger charge is -2.35. The number of aromatic nitrogens is 2. The molecule has 1 aliphatic rings.